The summed E-state index contributed by atoms with van der Waals surface area (Å²) in [6, 6.07) is 1.50. The predicted molar refractivity (Wildman–Crippen MR) is 85.7 cm³/mol. The second kappa shape index (κ2) is 9.77. The van der Waals surface area contributed by atoms with Crippen molar-refractivity contribution < 1.29 is 0 Å². The summed E-state index contributed by atoms with van der Waals surface area (Å²) in [5.74, 6) is 1.01. The Morgan fingerprint density at radius 2 is 1.79 bits per heavy atom. The molecule has 0 aromatic carbocycles. The minimum atomic E-state index is 0.671. The lowest BCUT2D eigenvalue weighted by Crippen LogP contribution is -2.45. The van der Waals surface area contributed by atoms with E-state index in [2.05, 4.69) is 38.0 Å². The van der Waals surface area contributed by atoms with Gasteiger partial charge in [0.1, 0.15) is 0 Å². The molecule has 0 bridgehead atoms. The van der Waals surface area contributed by atoms with Gasteiger partial charge in [-0.25, -0.2) is 0 Å². The Bertz CT molecular complexity index is 209. The Morgan fingerprint density at radius 3 is 2.37 bits per heavy atom. The SMILES string of the molecule is CCCCCNCC(C)N(C)C1CCC(CC)CC1. The van der Waals surface area contributed by atoms with E-state index < -0.39 is 0 Å². The van der Waals surface area contributed by atoms with E-state index in [0.717, 1.165) is 18.5 Å². The van der Waals surface area contributed by atoms with Crippen LogP contribution in [0.1, 0.15) is 72.1 Å². The van der Waals surface area contributed by atoms with E-state index in [1.54, 1.807) is 0 Å². The fraction of sp³-hybridized carbons (Fsp3) is 1.00. The number of unbranched alkanes of at least 4 members (excludes halogenated alkanes) is 2. The van der Waals surface area contributed by atoms with Crippen molar-refractivity contribution in [1.82, 2.24) is 10.2 Å². The molecule has 1 aliphatic carbocycles. The minimum absolute atomic E-state index is 0.671. The van der Waals surface area contributed by atoms with Crippen molar-refractivity contribution in [3.8, 4) is 0 Å². The zero-order valence-electron chi connectivity index (χ0n) is 13.8. The summed E-state index contributed by atoms with van der Waals surface area (Å²) in [6.45, 7) is 9.32. The van der Waals surface area contributed by atoms with Crippen LogP contribution >= 0.6 is 0 Å². The van der Waals surface area contributed by atoms with E-state index in [9.17, 15) is 0 Å². The Kier molecular flexibility index (Phi) is 8.72. The molecule has 2 nitrogen and oxygen atoms in total. The van der Waals surface area contributed by atoms with E-state index in [1.807, 2.05) is 0 Å². The van der Waals surface area contributed by atoms with Crippen LogP contribution < -0.4 is 5.32 Å². The molecule has 1 fully saturated rings. The van der Waals surface area contributed by atoms with Gasteiger partial charge in [0.2, 0.25) is 0 Å². The third-order valence-electron chi connectivity index (χ3n) is 5.06. The van der Waals surface area contributed by atoms with Crippen LogP contribution in [0.2, 0.25) is 0 Å². The summed E-state index contributed by atoms with van der Waals surface area (Å²) in [5.41, 5.74) is 0. The minimum Gasteiger partial charge on any atom is -0.315 e. The number of rotatable bonds is 9. The van der Waals surface area contributed by atoms with Gasteiger partial charge in [-0.15, -0.1) is 0 Å². The smallest absolute Gasteiger partial charge is 0.0192 e. The summed E-state index contributed by atoms with van der Waals surface area (Å²) in [4.78, 5) is 2.62. The third-order valence-corrected chi connectivity index (χ3v) is 5.06. The second-order valence-corrected chi connectivity index (χ2v) is 6.51. The molecule has 0 aliphatic heterocycles. The molecular weight excluding hydrogens is 232 g/mol. The molecule has 0 heterocycles. The van der Waals surface area contributed by atoms with Crippen molar-refractivity contribution in [1.29, 1.82) is 0 Å². The van der Waals surface area contributed by atoms with Crippen molar-refractivity contribution >= 4 is 0 Å². The zero-order valence-corrected chi connectivity index (χ0v) is 13.8. The number of likely N-dealkylation sites (N-methyl/N-ethyl adjacent to an activating group) is 1. The summed E-state index contributed by atoms with van der Waals surface area (Å²) in [6.07, 6.45) is 11.1. The third kappa shape index (κ3) is 6.27. The molecular formula is C17H36N2. The van der Waals surface area contributed by atoms with Gasteiger partial charge in [0.05, 0.1) is 0 Å². The summed E-state index contributed by atoms with van der Waals surface area (Å²) in [7, 11) is 2.33. The van der Waals surface area contributed by atoms with Gasteiger partial charge in [-0.1, -0.05) is 33.1 Å². The molecule has 19 heavy (non-hydrogen) atoms. The topological polar surface area (TPSA) is 15.3 Å². The molecule has 1 atom stereocenters. The van der Waals surface area contributed by atoms with Crippen LogP contribution in [0.5, 0.6) is 0 Å². The standard InChI is InChI=1S/C17H36N2/c1-5-7-8-13-18-14-15(3)19(4)17-11-9-16(6-2)10-12-17/h15-18H,5-14H2,1-4H3. The molecule has 1 aliphatic rings. The Balaban J connectivity index is 2.15. The highest BCUT2D eigenvalue weighted by Gasteiger charge is 2.25. The highest BCUT2D eigenvalue weighted by Crippen LogP contribution is 2.29. The number of hydrogen-bond donors (Lipinski definition) is 1. The largest absolute Gasteiger partial charge is 0.315 e. The van der Waals surface area contributed by atoms with Gasteiger partial charge in [-0.3, -0.25) is 4.90 Å². The normalized spacial score (nSPS) is 25.7. The van der Waals surface area contributed by atoms with Crippen LogP contribution in [-0.2, 0) is 0 Å². The molecule has 0 radical (unpaired) electrons. The first kappa shape index (κ1) is 17.0. The lowest BCUT2D eigenvalue weighted by Gasteiger charge is -2.38. The maximum Gasteiger partial charge on any atom is 0.0192 e. The maximum absolute atomic E-state index is 3.62. The Labute approximate surface area is 121 Å². The fourth-order valence-corrected chi connectivity index (χ4v) is 3.28. The fourth-order valence-electron chi connectivity index (χ4n) is 3.28. The van der Waals surface area contributed by atoms with E-state index in [-0.39, 0.29) is 0 Å². The van der Waals surface area contributed by atoms with Crippen LogP contribution in [0, 0.1) is 5.92 Å². The van der Waals surface area contributed by atoms with Gasteiger partial charge in [-0.05, 0) is 58.5 Å². The number of nitrogens with zero attached hydrogens (tertiary/aromatic N) is 1. The first-order valence-electron chi connectivity index (χ1n) is 8.61. The predicted octanol–water partition coefficient (Wildman–Crippen LogP) is 4.06. The van der Waals surface area contributed by atoms with E-state index in [1.165, 1.54) is 57.9 Å². The highest BCUT2D eigenvalue weighted by molar-refractivity contribution is 4.81. The molecule has 1 unspecified atom stereocenters. The van der Waals surface area contributed by atoms with Gasteiger partial charge in [0, 0.05) is 18.6 Å². The van der Waals surface area contributed by atoms with Crippen molar-refractivity contribution in [2.75, 3.05) is 20.1 Å². The van der Waals surface area contributed by atoms with Crippen molar-refractivity contribution in [3.63, 3.8) is 0 Å². The summed E-state index contributed by atoms with van der Waals surface area (Å²) >= 11 is 0. The zero-order chi connectivity index (χ0) is 14.1. The highest BCUT2D eigenvalue weighted by atomic mass is 15.2. The maximum atomic E-state index is 3.62. The van der Waals surface area contributed by atoms with Gasteiger partial charge >= 0.3 is 0 Å². The Hall–Kier alpha value is -0.0800. The average Bonchev–Trinajstić information content (AvgIpc) is 2.46. The molecule has 1 rings (SSSR count). The molecule has 0 aromatic rings. The van der Waals surface area contributed by atoms with Crippen LogP contribution in [0.3, 0.4) is 0 Å². The summed E-state index contributed by atoms with van der Waals surface area (Å²) < 4.78 is 0. The van der Waals surface area contributed by atoms with Crippen molar-refractivity contribution in [2.45, 2.75) is 84.2 Å². The van der Waals surface area contributed by atoms with Crippen LogP contribution in [0.15, 0.2) is 0 Å². The quantitative estimate of drug-likeness (QED) is 0.635. The van der Waals surface area contributed by atoms with E-state index in [0.29, 0.717) is 6.04 Å². The molecule has 0 amide bonds. The van der Waals surface area contributed by atoms with Crippen LogP contribution in [0.25, 0.3) is 0 Å². The molecule has 2 heteroatoms. The van der Waals surface area contributed by atoms with Crippen molar-refractivity contribution in [2.24, 2.45) is 5.92 Å². The lowest BCUT2D eigenvalue weighted by molar-refractivity contribution is 0.125. The molecule has 0 spiro atoms. The van der Waals surface area contributed by atoms with Gasteiger partial charge in [-0.2, -0.15) is 0 Å². The molecule has 0 aromatic heterocycles. The molecule has 1 saturated carbocycles. The average molecular weight is 268 g/mol. The monoisotopic (exact) mass is 268 g/mol. The molecule has 1 N–H and O–H groups in total. The summed E-state index contributed by atoms with van der Waals surface area (Å²) in [5, 5.41) is 3.62. The van der Waals surface area contributed by atoms with Crippen LogP contribution in [-0.4, -0.2) is 37.1 Å². The van der Waals surface area contributed by atoms with Gasteiger partial charge in [0.15, 0.2) is 0 Å². The van der Waals surface area contributed by atoms with Gasteiger partial charge < -0.3 is 5.32 Å². The first-order chi connectivity index (χ1) is 9.19. The first-order valence-corrected chi connectivity index (χ1v) is 8.61. The lowest BCUT2D eigenvalue weighted by atomic mass is 9.84. The number of hydrogen-bond acceptors (Lipinski definition) is 2. The van der Waals surface area contributed by atoms with Crippen molar-refractivity contribution in [3.05, 3.63) is 0 Å². The molecule has 114 valence electrons. The Morgan fingerprint density at radius 1 is 1.11 bits per heavy atom. The van der Waals surface area contributed by atoms with E-state index in [4.69, 9.17) is 0 Å². The number of nitrogens with one attached hydrogen (secondary N) is 1. The molecule has 0 saturated heterocycles. The van der Waals surface area contributed by atoms with Gasteiger partial charge in [0.25, 0.3) is 0 Å². The van der Waals surface area contributed by atoms with Crippen LogP contribution in [0.4, 0.5) is 0 Å². The van der Waals surface area contributed by atoms with E-state index >= 15 is 0 Å². The second-order valence-electron chi connectivity index (χ2n) is 6.51.